The molecule has 0 saturated heterocycles. The summed E-state index contributed by atoms with van der Waals surface area (Å²) in [4.78, 5) is 25.5. The minimum Gasteiger partial charge on any atom is -0.385 e. The molecule has 2 rings (SSSR count). The van der Waals surface area contributed by atoms with Crippen molar-refractivity contribution in [3.63, 3.8) is 0 Å². The number of anilines is 1. The van der Waals surface area contributed by atoms with Gasteiger partial charge in [-0.1, -0.05) is 26.7 Å². The zero-order valence-electron chi connectivity index (χ0n) is 11.0. The third kappa shape index (κ3) is 2.35. The molecule has 3 N–H and O–H groups in total. The van der Waals surface area contributed by atoms with Gasteiger partial charge in [0.1, 0.15) is 5.82 Å². The van der Waals surface area contributed by atoms with Crippen LogP contribution in [0, 0.1) is 11.8 Å². The highest BCUT2D eigenvalue weighted by Crippen LogP contribution is 2.38. The highest BCUT2D eigenvalue weighted by atomic mass is 16.2. The van der Waals surface area contributed by atoms with E-state index in [9.17, 15) is 9.59 Å². The molecule has 1 saturated carbocycles. The molecule has 5 nitrogen and oxygen atoms in total. The van der Waals surface area contributed by atoms with Gasteiger partial charge in [0.25, 0.3) is 5.56 Å². The average molecular weight is 251 g/mol. The molecule has 0 bridgehead atoms. The molecule has 1 fully saturated rings. The summed E-state index contributed by atoms with van der Waals surface area (Å²) in [5.41, 5.74) is 5.06. The summed E-state index contributed by atoms with van der Waals surface area (Å²) in [5, 5.41) is 0. The first-order chi connectivity index (χ1) is 8.50. The Balaban J connectivity index is 2.46. The zero-order valence-corrected chi connectivity index (χ0v) is 11.0. The van der Waals surface area contributed by atoms with E-state index in [1.54, 1.807) is 4.57 Å². The van der Waals surface area contributed by atoms with Crippen LogP contribution in [0.25, 0.3) is 0 Å². The van der Waals surface area contributed by atoms with Crippen LogP contribution in [0.4, 0.5) is 5.82 Å². The molecule has 0 radical (unpaired) electrons. The number of nitrogens with two attached hydrogens (primary N) is 1. The molecule has 100 valence electrons. The van der Waals surface area contributed by atoms with E-state index in [0.29, 0.717) is 11.8 Å². The number of nitrogens with one attached hydrogen (secondary N) is 1. The van der Waals surface area contributed by atoms with Crippen molar-refractivity contribution in [1.29, 1.82) is 0 Å². The first-order valence-corrected chi connectivity index (χ1v) is 6.62. The Morgan fingerprint density at radius 2 is 2.00 bits per heavy atom. The number of aromatic nitrogens is 2. The predicted molar refractivity (Wildman–Crippen MR) is 71.6 cm³/mol. The van der Waals surface area contributed by atoms with Gasteiger partial charge >= 0.3 is 5.69 Å². The van der Waals surface area contributed by atoms with Gasteiger partial charge in [0, 0.05) is 12.1 Å². The normalized spacial score (nSPS) is 24.4. The fraction of sp³-hybridized carbons (Fsp3) is 0.692. The molecule has 0 aromatic carbocycles. The maximum absolute atomic E-state index is 12.0. The molecule has 1 aromatic rings. The second kappa shape index (κ2) is 5.00. The van der Waals surface area contributed by atoms with E-state index in [4.69, 9.17) is 5.73 Å². The van der Waals surface area contributed by atoms with E-state index in [2.05, 4.69) is 18.8 Å². The number of nitrogens with zero attached hydrogens (tertiary/aromatic N) is 1. The largest absolute Gasteiger partial charge is 0.385 e. The lowest BCUT2D eigenvalue weighted by Crippen LogP contribution is -2.39. The highest BCUT2D eigenvalue weighted by Gasteiger charge is 2.30. The highest BCUT2D eigenvalue weighted by molar-refractivity contribution is 5.27. The minimum atomic E-state index is -0.425. The SMILES string of the molecule is CC(C)C1CCCCC1n1c(N)cc(=O)[nH]c1=O. The fourth-order valence-electron chi connectivity index (χ4n) is 3.10. The van der Waals surface area contributed by atoms with Crippen molar-refractivity contribution < 1.29 is 0 Å². The molecule has 1 aromatic heterocycles. The van der Waals surface area contributed by atoms with Crippen LogP contribution in [-0.4, -0.2) is 9.55 Å². The quantitative estimate of drug-likeness (QED) is 0.836. The topological polar surface area (TPSA) is 80.9 Å². The molecule has 2 atom stereocenters. The minimum absolute atomic E-state index is 0.114. The Hall–Kier alpha value is -1.52. The maximum Gasteiger partial charge on any atom is 0.330 e. The fourth-order valence-corrected chi connectivity index (χ4v) is 3.10. The van der Waals surface area contributed by atoms with Crippen molar-refractivity contribution in [2.45, 2.75) is 45.6 Å². The first kappa shape index (κ1) is 12.9. The van der Waals surface area contributed by atoms with Crippen LogP contribution in [-0.2, 0) is 0 Å². The molecule has 1 heterocycles. The summed E-state index contributed by atoms with van der Waals surface area (Å²) < 4.78 is 1.57. The average Bonchev–Trinajstić information content (AvgIpc) is 2.28. The van der Waals surface area contributed by atoms with Crippen LogP contribution in [0.15, 0.2) is 15.7 Å². The molecule has 1 aliphatic rings. The van der Waals surface area contributed by atoms with Gasteiger partial charge in [0.2, 0.25) is 0 Å². The Bertz CT molecular complexity index is 530. The van der Waals surface area contributed by atoms with Gasteiger partial charge in [-0.15, -0.1) is 0 Å². The standard InChI is InChI=1S/C13H21N3O2/c1-8(2)9-5-3-4-6-10(9)16-11(14)7-12(17)15-13(16)18/h7-10H,3-6,14H2,1-2H3,(H,15,17,18). The third-order valence-corrected chi connectivity index (χ3v) is 3.98. The van der Waals surface area contributed by atoms with Crippen LogP contribution in [0.2, 0.25) is 0 Å². The van der Waals surface area contributed by atoms with E-state index in [0.717, 1.165) is 19.3 Å². The van der Waals surface area contributed by atoms with Gasteiger partial charge in [-0.05, 0) is 24.7 Å². The number of rotatable bonds is 2. The van der Waals surface area contributed by atoms with Gasteiger partial charge < -0.3 is 5.73 Å². The Labute approximate surface area is 106 Å². The zero-order chi connectivity index (χ0) is 13.3. The summed E-state index contributed by atoms with van der Waals surface area (Å²) in [6.45, 7) is 4.35. The van der Waals surface area contributed by atoms with E-state index < -0.39 is 5.56 Å². The second-order valence-electron chi connectivity index (χ2n) is 5.49. The molecule has 0 aliphatic heterocycles. The molecule has 2 unspecified atom stereocenters. The molecule has 18 heavy (non-hydrogen) atoms. The van der Waals surface area contributed by atoms with E-state index in [-0.39, 0.29) is 17.5 Å². The van der Waals surface area contributed by atoms with Gasteiger partial charge in [-0.25, -0.2) is 4.79 Å². The van der Waals surface area contributed by atoms with Crippen LogP contribution in [0.1, 0.15) is 45.6 Å². The Kier molecular flexibility index (Phi) is 3.59. The summed E-state index contributed by atoms with van der Waals surface area (Å²) in [5.74, 6) is 1.24. The van der Waals surface area contributed by atoms with Crippen molar-refractivity contribution in [3.05, 3.63) is 26.9 Å². The molecular weight excluding hydrogens is 230 g/mol. The van der Waals surface area contributed by atoms with Crippen LogP contribution >= 0.6 is 0 Å². The summed E-state index contributed by atoms with van der Waals surface area (Å²) >= 11 is 0. The van der Waals surface area contributed by atoms with E-state index in [1.165, 1.54) is 12.5 Å². The van der Waals surface area contributed by atoms with Crippen molar-refractivity contribution in [1.82, 2.24) is 9.55 Å². The summed E-state index contributed by atoms with van der Waals surface area (Å²) in [6, 6.07) is 1.41. The number of hydrogen-bond donors (Lipinski definition) is 2. The van der Waals surface area contributed by atoms with Crippen molar-refractivity contribution in [3.8, 4) is 0 Å². The lowest BCUT2D eigenvalue weighted by atomic mass is 9.77. The van der Waals surface area contributed by atoms with Crippen LogP contribution in [0.5, 0.6) is 0 Å². The number of aromatic amines is 1. The van der Waals surface area contributed by atoms with Crippen molar-refractivity contribution >= 4 is 5.82 Å². The monoisotopic (exact) mass is 251 g/mol. The summed E-state index contributed by atoms with van der Waals surface area (Å²) in [6.07, 6.45) is 4.39. The van der Waals surface area contributed by atoms with Gasteiger partial charge in [-0.2, -0.15) is 0 Å². The Morgan fingerprint density at radius 1 is 1.33 bits per heavy atom. The van der Waals surface area contributed by atoms with Crippen LogP contribution in [0.3, 0.4) is 0 Å². The molecule has 0 spiro atoms. The summed E-state index contributed by atoms with van der Waals surface area (Å²) in [7, 11) is 0. The lowest BCUT2D eigenvalue weighted by Gasteiger charge is -2.35. The Morgan fingerprint density at radius 3 is 2.61 bits per heavy atom. The van der Waals surface area contributed by atoms with Crippen LogP contribution < -0.4 is 17.0 Å². The van der Waals surface area contributed by atoms with E-state index >= 15 is 0 Å². The first-order valence-electron chi connectivity index (χ1n) is 6.62. The number of hydrogen-bond acceptors (Lipinski definition) is 3. The predicted octanol–water partition coefficient (Wildman–Crippen LogP) is 1.51. The smallest absolute Gasteiger partial charge is 0.330 e. The maximum atomic E-state index is 12.0. The van der Waals surface area contributed by atoms with Gasteiger partial charge in [0.15, 0.2) is 0 Å². The number of H-pyrrole nitrogens is 1. The second-order valence-corrected chi connectivity index (χ2v) is 5.49. The van der Waals surface area contributed by atoms with Gasteiger partial charge in [-0.3, -0.25) is 14.3 Å². The van der Waals surface area contributed by atoms with Gasteiger partial charge in [0.05, 0.1) is 0 Å². The molecule has 0 amide bonds. The van der Waals surface area contributed by atoms with Crippen molar-refractivity contribution in [2.75, 3.05) is 5.73 Å². The van der Waals surface area contributed by atoms with Crippen molar-refractivity contribution in [2.24, 2.45) is 11.8 Å². The number of nitrogen functional groups attached to an aromatic ring is 1. The molecule has 1 aliphatic carbocycles. The van der Waals surface area contributed by atoms with E-state index in [1.807, 2.05) is 0 Å². The lowest BCUT2D eigenvalue weighted by molar-refractivity contribution is 0.181. The molecule has 5 heteroatoms. The molecular formula is C13H21N3O2. The third-order valence-electron chi connectivity index (χ3n) is 3.98.